The molecule has 0 spiro atoms. The Balaban J connectivity index is 0.00000242. The molecule has 130 valence electrons. The van der Waals surface area contributed by atoms with Gasteiger partial charge in [-0.15, -0.1) is 24.0 Å². The zero-order valence-electron chi connectivity index (χ0n) is 14.1. The summed E-state index contributed by atoms with van der Waals surface area (Å²) >= 11 is 1.83. The van der Waals surface area contributed by atoms with Gasteiger partial charge in [0.15, 0.2) is 5.96 Å². The summed E-state index contributed by atoms with van der Waals surface area (Å²) in [6.45, 7) is 5.25. The summed E-state index contributed by atoms with van der Waals surface area (Å²) < 4.78 is 0. The molecular weight excluding hydrogens is 409 g/mol. The smallest absolute Gasteiger partial charge is 0.191 e. The van der Waals surface area contributed by atoms with E-state index in [0.717, 1.165) is 35.7 Å². The number of halogens is 1. The maximum Gasteiger partial charge on any atom is 0.191 e. The molecule has 1 saturated carbocycles. The van der Waals surface area contributed by atoms with Crippen LogP contribution < -0.4 is 10.6 Å². The highest BCUT2D eigenvalue weighted by Gasteiger charge is 2.32. The first kappa shape index (κ1) is 20.4. The van der Waals surface area contributed by atoms with Crippen molar-refractivity contribution in [3.8, 4) is 0 Å². The Labute approximate surface area is 156 Å². The number of nitrogens with zero attached hydrogens (tertiary/aromatic N) is 1. The van der Waals surface area contributed by atoms with Crippen LogP contribution in [0.2, 0.25) is 0 Å². The van der Waals surface area contributed by atoms with Crippen LogP contribution in [0.4, 0.5) is 0 Å². The molecule has 2 fully saturated rings. The fourth-order valence-electron chi connectivity index (χ4n) is 3.34. The van der Waals surface area contributed by atoms with Gasteiger partial charge in [0.1, 0.15) is 0 Å². The summed E-state index contributed by atoms with van der Waals surface area (Å²) in [6.07, 6.45) is 6.00. The summed E-state index contributed by atoms with van der Waals surface area (Å²) in [5.74, 6) is 4.32. The van der Waals surface area contributed by atoms with E-state index >= 15 is 0 Å². The monoisotopic (exact) mass is 441 g/mol. The highest BCUT2D eigenvalue weighted by atomic mass is 127. The van der Waals surface area contributed by atoms with Gasteiger partial charge in [-0.1, -0.05) is 26.7 Å². The number of hydrogen-bond acceptors (Lipinski definition) is 3. The first-order chi connectivity index (χ1) is 10.0. The van der Waals surface area contributed by atoms with Crippen LogP contribution in [0.1, 0.15) is 46.0 Å². The molecule has 0 aromatic heterocycles. The highest BCUT2D eigenvalue weighted by Crippen LogP contribution is 2.30. The molecule has 6 heteroatoms. The Morgan fingerprint density at radius 3 is 2.77 bits per heavy atom. The summed E-state index contributed by atoms with van der Waals surface area (Å²) in [5.41, 5.74) is -0.560. The van der Waals surface area contributed by atoms with Crippen LogP contribution in [-0.2, 0) is 0 Å². The molecule has 0 aromatic carbocycles. The van der Waals surface area contributed by atoms with Crippen LogP contribution in [0.3, 0.4) is 0 Å². The molecule has 3 unspecified atom stereocenters. The van der Waals surface area contributed by atoms with Crippen molar-refractivity contribution in [1.82, 2.24) is 10.6 Å². The van der Waals surface area contributed by atoms with Crippen molar-refractivity contribution in [2.75, 3.05) is 25.1 Å². The fourth-order valence-corrected chi connectivity index (χ4v) is 4.63. The normalized spacial score (nSPS) is 32.7. The molecule has 0 amide bonds. The van der Waals surface area contributed by atoms with E-state index in [9.17, 15) is 5.11 Å². The van der Waals surface area contributed by atoms with Gasteiger partial charge in [-0.25, -0.2) is 0 Å². The number of aliphatic imine (C=N–C) groups is 1. The molecule has 2 rings (SSSR count). The number of hydrogen-bond donors (Lipinski definition) is 3. The molecule has 0 bridgehead atoms. The SMILES string of the molecule is CN=C(NCC1(O)CCSC1)NC1CCCC(C(C)C)C1.I. The molecule has 0 radical (unpaired) electrons. The molecule has 3 atom stereocenters. The van der Waals surface area contributed by atoms with Gasteiger partial charge >= 0.3 is 0 Å². The van der Waals surface area contributed by atoms with E-state index in [0.29, 0.717) is 12.6 Å². The third kappa shape index (κ3) is 6.07. The van der Waals surface area contributed by atoms with Crippen LogP contribution in [0.15, 0.2) is 4.99 Å². The first-order valence-electron chi connectivity index (χ1n) is 8.30. The van der Waals surface area contributed by atoms with E-state index in [1.54, 1.807) is 0 Å². The van der Waals surface area contributed by atoms with Crippen molar-refractivity contribution >= 4 is 41.7 Å². The lowest BCUT2D eigenvalue weighted by Gasteiger charge is -2.33. The minimum atomic E-state index is -0.560. The van der Waals surface area contributed by atoms with Gasteiger partial charge in [0, 0.05) is 25.4 Å². The Hall–Kier alpha value is 0.310. The minimum Gasteiger partial charge on any atom is -0.387 e. The third-order valence-corrected chi connectivity index (χ3v) is 6.12. The van der Waals surface area contributed by atoms with Crippen LogP contribution in [0, 0.1) is 11.8 Å². The Bertz CT molecular complexity index is 359. The van der Waals surface area contributed by atoms with Gasteiger partial charge in [0.25, 0.3) is 0 Å². The molecule has 1 aliphatic heterocycles. The van der Waals surface area contributed by atoms with E-state index in [1.807, 2.05) is 18.8 Å². The summed E-state index contributed by atoms with van der Waals surface area (Å²) in [5, 5.41) is 17.3. The number of aliphatic hydroxyl groups is 1. The van der Waals surface area contributed by atoms with Crippen LogP contribution >= 0.6 is 35.7 Å². The predicted octanol–water partition coefficient (Wildman–Crippen LogP) is 2.85. The molecule has 1 aliphatic carbocycles. The minimum absolute atomic E-state index is 0. The van der Waals surface area contributed by atoms with Crippen molar-refractivity contribution in [3.63, 3.8) is 0 Å². The van der Waals surface area contributed by atoms with Gasteiger partial charge in [0.2, 0.25) is 0 Å². The van der Waals surface area contributed by atoms with Gasteiger partial charge in [-0.3, -0.25) is 4.99 Å². The Kier molecular flexibility index (Phi) is 8.85. The number of guanidine groups is 1. The number of rotatable bonds is 4. The van der Waals surface area contributed by atoms with Crippen molar-refractivity contribution in [2.24, 2.45) is 16.8 Å². The van der Waals surface area contributed by atoms with Gasteiger partial charge in [0.05, 0.1) is 5.60 Å². The predicted molar refractivity (Wildman–Crippen MR) is 107 cm³/mol. The quantitative estimate of drug-likeness (QED) is 0.357. The zero-order valence-corrected chi connectivity index (χ0v) is 17.2. The van der Waals surface area contributed by atoms with E-state index < -0.39 is 5.60 Å². The second-order valence-corrected chi connectivity index (χ2v) is 8.07. The molecule has 3 N–H and O–H groups in total. The highest BCUT2D eigenvalue weighted by molar-refractivity contribution is 14.0. The molecule has 22 heavy (non-hydrogen) atoms. The largest absolute Gasteiger partial charge is 0.387 e. The Morgan fingerprint density at radius 2 is 2.18 bits per heavy atom. The van der Waals surface area contributed by atoms with Gasteiger partial charge in [-0.05, 0) is 36.9 Å². The van der Waals surface area contributed by atoms with E-state index in [4.69, 9.17) is 0 Å². The summed E-state index contributed by atoms with van der Waals surface area (Å²) in [6, 6.07) is 0.518. The van der Waals surface area contributed by atoms with Crippen molar-refractivity contribution < 1.29 is 5.11 Å². The third-order valence-electron chi connectivity index (χ3n) is 4.89. The van der Waals surface area contributed by atoms with Crippen molar-refractivity contribution in [3.05, 3.63) is 0 Å². The van der Waals surface area contributed by atoms with Crippen molar-refractivity contribution in [2.45, 2.75) is 57.6 Å². The molecular formula is C16H32IN3OS. The standard InChI is InChI=1S/C16H31N3OS.HI/c1-12(2)13-5-4-6-14(9-13)19-15(17-3)18-10-16(20)7-8-21-11-16;/h12-14,20H,4-11H2,1-3H3,(H2,17,18,19);1H. The topological polar surface area (TPSA) is 56.7 Å². The average molecular weight is 441 g/mol. The van der Waals surface area contributed by atoms with Gasteiger partial charge in [-0.2, -0.15) is 11.8 Å². The zero-order chi connectivity index (χ0) is 15.3. The van der Waals surface area contributed by atoms with Crippen LogP contribution in [-0.4, -0.2) is 47.8 Å². The average Bonchev–Trinajstić information content (AvgIpc) is 2.91. The lowest BCUT2D eigenvalue weighted by atomic mass is 9.79. The van der Waals surface area contributed by atoms with E-state index in [-0.39, 0.29) is 24.0 Å². The maximum absolute atomic E-state index is 10.4. The molecule has 4 nitrogen and oxygen atoms in total. The van der Waals surface area contributed by atoms with Gasteiger partial charge < -0.3 is 15.7 Å². The fraction of sp³-hybridized carbons (Fsp3) is 0.938. The summed E-state index contributed by atoms with van der Waals surface area (Å²) in [7, 11) is 1.81. The maximum atomic E-state index is 10.4. The molecule has 1 heterocycles. The second kappa shape index (κ2) is 9.57. The van der Waals surface area contributed by atoms with Crippen molar-refractivity contribution in [1.29, 1.82) is 0 Å². The summed E-state index contributed by atoms with van der Waals surface area (Å²) in [4.78, 5) is 4.32. The number of thioether (sulfide) groups is 1. The van der Waals surface area contributed by atoms with Crippen LogP contribution in [0.5, 0.6) is 0 Å². The Morgan fingerprint density at radius 1 is 1.41 bits per heavy atom. The number of nitrogens with one attached hydrogen (secondary N) is 2. The lowest BCUT2D eigenvalue weighted by Crippen LogP contribution is -2.50. The second-order valence-electron chi connectivity index (χ2n) is 6.96. The van der Waals surface area contributed by atoms with E-state index in [1.165, 1.54) is 25.7 Å². The van der Waals surface area contributed by atoms with E-state index in [2.05, 4.69) is 29.5 Å². The molecule has 1 saturated heterocycles. The molecule has 2 aliphatic rings. The molecule has 0 aromatic rings. The first-order valence-corrected chi connectivity index (χ1v) is 9.45. The lowest BCUT2D eigenvalue weighted by molar-refractivity contribution is 0.0723. The van der Waals surface area contributed by atoms with Crippen LogP contribution in [0.25, 0.3) is 0 Å².